The number of aliphatic hydroxyl groups is 1. The second kappa shape index (κ2) is 10.6. The van der Waals surface area contributed by atoms with Gasteiger partial charge in [-0.05, 0) is 30.9 Å². The minimum absolute atomic E-state index is 0.165. The van der Waals surface area contributed by atoms with Gasteiger partial charge in [0.1, 0.15) is 23.5 Å². The molecule has 1 aromatic carbocycles. The number of ether oxygens (including phenoxy) is 2. The second-order valence-corrected chi connectivity index (χ2v) is 9.48. The van der Waals surface area contributed by atoms with Crippen LogP contribution in [0.4, 0.5) is 9.18 Å². The molecule has 0 radical (unpaired) electrons. The lowest BCUT2D eigenvalue weighted by Crippen LogP contribution is -2.42. The quantitative estimate of drug-likeness (QED) is 0.311. The number of benzene rings is 1. The molecular weight excluding hydrogens is 527 g/mol. The molecule has 0 saturated carbocycles. The molecule has 1 aromatic rings. The summed E-state index contributed by atoms with van der Waals surface area (Å²) in [6.07, 6.45) is 2.26. The fraction of sp³-hybridized carbons (Fsp3) is 0.435. The number of carbonyl (C=O) groups excluding carboxylic acids is 1. The molecule has 2 fully saturated rings. The van der Waals surface area contributed by atoms with Crippen LogP contribution >= 0.6 is 27.7 Å². The lowest BCUT2D eigenvalue weighted by atomic mass is 9.94. The number of hydrogen-bond donors (Lipinski definition) is 1. The number of aliphatic hydroxyl groups excluding tert-OH is 1. The van der Waals surface area contributed by atoms with Gasteiger partial charge in [-0.25, -0.2) is 14.2 Å². The van der Waals surface area contributed by atoms with Gasteiger partial charge in [0.2, 0.25) is 0 Å². The Bertz CT molecular complexity index is 1080. The molecule has 1 amide bonds. The molecule has 8 nitrogen and oxygen atoms in total. The molecule has 2 saturated heterocycles. The van der Waals surface area contributed by atoms with Gasteiger partial charge in [0.25, 0.3) is 0 Å². The molecule has 0 aliphatic carbocycles. The van der Waals surface area contributed by atoms with E-state index in [1.54, 1.807) is 17.9 Å². The molecule has 3 heterocycles. The summed E-state index contributed by atoms with van der Waals surface area (Å²) in [6.45, 7) is 7.14. The summed E-state index contributed by atoms with van der Waals surface area (Å²) < 4.78 is 25.2. The number of nitrogens with zero attached hydrogens (tertiary/aromatic N) is 4. The van der Waals surface area contributed by atoms with Crippen LogP contribution < -0.4 is 0 Å². The third kappa shape index (κ3) is 4.66. The van der Waals surface area contributed by atoms with Crippen LogP contribution in [0.3, 0.4) is 0 Å². The zero-order valence-electron chi connectivity index (χ0n) is 18.9. The van der Waals surface area contributed by atoms with Crippen LogP contribution in [-0.2, 0) is 9.47 Å². The average molecular weight is 553 g/mol. The Morgan fingerprint density at radius 1 is 1.56 bits per heavy atom. The van der Waals surface area contributed by atoms with Crippen molar-refractivity contribution in [2.24, 2.45) is 9.98 Å². The van der Waals surface area contributed by atoms with Gasteiger partial charge in [0.15, 0.2) is 12.1 Å². The SMILES string of the molecule is C=C/N=C(\SC)C1=N[C@@H](c2ccc(F)cc2Br)C(C(O)OCC)=C2C[C@H](N3CCOC3=O)CN12. The molecule has 3 atom stereocenters. The van der Waals surface area contributed by atoms with Gasteiger partial charge in [-0.15, -0.1) is 11.8 Å². The van der Waals surface area contributed by atoms with Crippen LogP contribution in [-0.4, -0.2) is 76.8 Å². The van der Waals surface area contributed by atoms with E-state index < -0.39 is 12.3 Å². The summed E-state index contributed by atoms with van der Waals surface area (Å²) in [6, 6.07) is 3.57. The molecule has 34 heavy (non-hydrogen) atoms. The maximum absolute atomic E-state index is 13.9. The third-order valence-corrected chi connectivity index (χ3v) is 7.32. The highest BCUT2D eigenvalue weighted by atomic mass is 79.9. The highest BCUT2D eigenvalue weighted by Crippen LogP contribution is 2.44. The fourth-order valence-corrected chi connectivity index (χ4v) is 5.61. The van der Waals surface area contributed by atoms with Crippen LogP contribution in [0.2, 0.25) is 0 Å². The summed E-state index contributed by atoms with van der Waals surface area (Å²) in [4.78, 5) is 25.4. The monoisotopic (exact) mass is 552 g/mol. The Kier molecular flexibility index (Phi) is 7.76. The van der Waals surface area contributed by atoms with Crippen LogP contribution in [0.25, 0.3) is 0 Å². The second-order valence-electron chi connectivity index (χ2n) is 7.83. The molecule has 0 aromatic heterocycles. The largest absolute Gasteiger partial charge is 0.448 e. The number of fused-ring (bicyclic) bond motifs is 1. The van der Waals surface area contributed by atoms with Gasteiger partial charge in [0, 0.05) is 41.5 Å². The van der Waals surface area contributed by atoms with Crippen molar-refractivity contribution >= 4 is 44.7 Å². The number of amidine groups is 1. The van der Waals surface area contributed by atoms with Gasteiger partial charge >= 0.3 is 6.09 Å². The van der Waals surface area contributed by atoms with Crippen molar-refractivity contribution in [3.63, 3.8) is 0 Å². The molecule has 4 rings (SSSR count). The van der Waals surface area contributed by atoms with Crippen molar-refractivity contribution in [1.29, 1.82) is 0 Å². The lowest BCUT2D eigenvalue weighted by molar-refractivity contribution is -0.0719. The normalized spacial score (nSPS) is 23.7. The first kappa shape index (κ1) is 24.9. The zero-order valence-corrected chi connectivity index (χ0v) is 21.3. The summed E-state index contributed by atoms with van der Waals surface area (Å²) in [5.41, 5.74) is 2.05. The van der Waals surface area contributed by atoms with Crippen LogP contribution in [0.15, 0.2) is 56.7 Å². The van der Waals surface area contributed by atoms with Crippen LogP contribution in [0.5, 0.6) is 0 Å². The van der Waals surface area contributed by atoms with Gasteiger partial charge in [-0.1, -0.05) is 28.6 Å². The summed E-state index contributed by atoms with van der Waals surface area (Å²) >= 11 is 4.88. The molecule has 0 spiro atoms. The van der Waals surface area contributed by atoms with Crippen molar-refractivity contribution in [2.45, 2.75) is 31.7 Å². The topological polar surface area (TPSA) is 87.0 Å². The first-order valence-electron chi connectivity index (χ1n) is 10.9. The number of hydrogen-bond acceptors (Lipinski definition) is 8. The maximum Gasteiger partial charge on any atom is 0.410 e. The smallest absolute Gasteiger partial charge is 0.410 e. The molecule has 1 unspecified atom stereocenters. The van der Waals surface area contributed by atoms with E-state index in [2.05, 4.69) is 27.5 Å². The molecule has 0 bridgehead atoms. The minimum atomic E-state index is -1.23. The highest BCUT2D eigenvalue weighted by Gasteiger charge is 2.45. The van der Waals surface area contributed by atoms with E-state index in [1.165, 1.54) is 30.1 Å². The third-order valence-electron chi connectivity index (χ3n) is 5.96. The van der Waals surface area contributed by atoms with E-state index in [1.807, 2.05) is 11.2 Å². The van der Waals surface area contributed by atoms with Crippen LogP contribution in [0, 0.1) is 5.82 Å². The maximum atomic E-state index is 13.9. The van der Waals surface area contributed by atoms with Crippen molar-refractivity contribution in [3.05, 3.63) is 58.1 Å². The zero-order chi connectivity index (χ0) is 24.4. The van der Waals surface area contributed by atoms with E-state index in [-0.39, 0.29) is 18.0 Å². The van der Waals surface area contributed by atoms with Crippen molar-refractivity contribution < 1.29 is 23.8 Å². The van der Waals surface area contributed by atoms with Crippen molar-refractivity contribution in [3.8, 4) is 0 Å². The van der Waals surface area contributed by atoms with Crippen molar-refractivity contribution in [2.75, 3.05) is 32.6 Å². The summed E-state index contributed by atoms with van der Waals surface area (Å²) in [5, 5.41) is 11.7. The van der Waals surface area contributed by atoms with Gasteiger partial charge < -0.3 is 19.5 Å². The molecule has 3 aliphatic rings. The number of amides is 1. The molecule has 182 valence electrons. The molecular formula is C23H26BrFN4O4S. The number of aliphatic imine (C=N–C) groups is 2. The fourth-order valence-electron chi connectivity index (χ4n) is 4.51. The molecule has 11 heteroatoms. The van der Waals surface area contributed by atoms with E-state index in [9.17, 15) is 14.3 Å². The van der Waals surface area contributed by atoms with E-state index in [0.717, 1.165) is 5.70 Å². The van der Waals surface area contributed by atoms with Gasteiger partial charge in [-0.3, -0.25) is 9.89 Å². The van der Waals surface area contributed by atoms with E-state index in [0.29, 0.717) is 59.2 Å². The first-order valence-corrected chi connectivity index (χ1v) is 12.9. The molecule has 1 N–H and O–H groups in total. The Labute approximate surface area is 210 Å². The summed E-state index contributed by atoms with van der Waals surface area (Å²) in [7, 11) is 0. The van der Waals surface area contributed by atoms with E-state index >= 15 is 0 Å². The molecule has 3 aliphatic heterocycles. The van der Waals surface area contributed by atoms with Gasteiger partial charge in [-0.2, -0.15) is 0 Å². The van der Waals surface area contributed by atoms with Crippen molar-refractivity contribution in [1.82, 2.24) is 9.80 Å². The standard InChI is InChI=1S/C23H26BrFN4O4S/c1-4-26-21(34-3)20-27-19(15-7-6-13(25)10-16(15)24)18(22(30)32-5-2)17-11-14(12-29(17)20)28-8-9-33-23(28)31/h4,6-7,10,14,19,22,30H,1,5,8-9,11-12H2,2-3H3/b26-21-/t14-,19-,22?/m0/s1. The number of rotatable bonds is 7. The summed E-state index contributed by atoms with van der Waals surface area (Å²) in [5.74, 6) is 0.217. The number of carbonyl (C=O) groups is 1. The van der Waals surface area contributed by atoms with Gasteiger partial charge in [0.05, 0.1) is 12.6 Å². The Morgan fingerprint density at radius 3 is 2.97 bits per heavy atom. The Hall–Kier alpha value is -2.21. The number of cyclic esters (lactones) is 1. The predicted octanol–water partition coefficient (Wildman–Crippen LogP) is 4.08. The number of thioether (sulfide) groups is 1. The minimum Gasteiger partial charge on any atom is -0.448 e. The average Bonchev–Trinajstić information content (AvgIpc) is 3.42. The van der Waals surface area contributed by atoms with Crippen LogP contribution in [0.1, 0.15) is 24.9 Å². The Morgan fingerprint density at radius 2 is 2.35 bits per heavy atom. The Balaban J connectivity index is 1.88. The first-order chi connectivity index (χ1) is 16.4. The lowest BCUT2D eigenvalue weighted by Gasteiger charge is -2.35. The predicted molar refractivity (Wildman–Crippen MR) is 133 cm³/mol. The highest BCUT2D eigenvalue weighted by molar-refractivity contribution is 9.10. The number of halogens is 2. The van der Waals surface area contributed by atoms with E-state index in [4.69, 9.17) is 14.5 Å².